The van der Waals surface area contributed by atoms with Crippen LogP contribution in [0.15, 0.2) is 47.2 Å². The monoisotopic (exact) mass is 354 g/mol. The molecule has 0 N–H and O–H groups in total. The lowest BCUT2D eigenvalue weighted by Crippen LogP contribution is -2.25. The fourth-order valence-corrected chi connectivity index (χ4v) is 3.39. The van der Waals surface area contributed by atoms with Crippen LogP contribution in [0.5, 0.6) is 0 Å². The first-order chi connectivity index (χ1) is 12.1. The smallest absolute Gasteiger partial charge is 0.232 e. The number of amides is 1. The molecule has 6 nitrogen and oxygen atoms in total. The molecule has 126 valence electrons. The lowest BCUT2D eigenvalue weighted by Gasteiger charge is -2.20. The quantitative estimate of drug-likeness (QED) is 0.718. The number of hydrogen-bond acceptors (Lipinski definition) is 5. The predicted octanol–water partition coefficient (Wildman–Crippen LogP) is 3.61. The van der Waals surface area contributed by atoms with Gasteiger partial charge in [-0.2, -0.15) is 4.98 Å². The molecule has 1 atom stereocenters. The molecule has 0 radical (unpaired) electrons. The minimum Gasteiger partial charge on any atom is -0.339 e. The molecule has 7 heteroatoms. The summed E-state index contributed by atoms with van der Waals surface area (Å²) in [6, 6.07) is 9.28. The van der Waals surface area contributed by atoms with Gasteiger partial charge in [-0.1, -0.05) is 28.9 Å². The lowest BCUT2D eigenvalue weighted by molar-refractivity contribution is -0.117. The largest absolute Gasteiger partial charge is 0.339 e. The molecule has 1 aliphatic heterocycles. The number of nitrogens with zero attached hydrogens (tertiary/aromatic N) is 4. The summed E-state index contributed by atoms with van der Waals surface area (Å²) in [7, 11) is 0. The number of carbonyl (C=O) groups is 1. The second-order valence-corrected chi connectivity index (χ2v) is 6.42. The molecule has 3 aromatic rings. The molecular weight excluding hydrogens is 340 g/mol. The number of aryl methyl sites for hydroxylation is 1. The molecule has 3 heterocycles. The number of benzene rings is 1. The second kappa shape index (κ2) is 6.29. The number of rotatable bonds is 3. The van der Waals surface area contributed by atoms with Gasteiger partial charge < -0.3 is 9.42 Å². The number of para-hydroxylation sites is 1. The van der Waals surface area contributed by atoms with Crippen LogP contribution in [0, 0.1) is 6.92 Å². The number of hydrogen-bond donors (Lipinski definition) is 0. The van der Waals surface area contributed by atoms with Gasteiger partial charge in [-0.3, -0.25) is 9.78 Å². The van der Waals surface area contributed by atoms with Gasteiger partial charge in [0.25, 0.3) is 0 Å². The van der Waals surface area contributed by atoms with Crippen molar-refractivity contribution in [3.8, 4) is 11.4 Å². The normalized spacial score (nSPS) is 17.3. The Kier molecular flexibility index (Phi) is 3.97. The van der Waals surface area contributed by atoms with Crippen molar-refractivity contribution < 1.29 is 9.32 Å². The Morgan fingerprint density at radius 1 is 1.28 bits per heavy atom. The van der Waals surface area contributed by atoms with E-state index in [-0.39, 0.29) is 11.8 Å². The van der Waals surface area contributed by atoms with Crippen LogP contribution < -0.4 is 4.90 Å². The van der Waals surface area contributed by atoms with Crippen LogP contribution in [0.4, 0.5) is 5.69 Å². The van der Waals surface area contributed by atoms with Crippen LogP contribution in [0.3, 0.4) is 0 Å². The van der Waals surface area contributed by atoms with E-state index in [0.29, 0.717) is 29.7 Å². The molecular formula is C18H15ClN4O2. The molecule has 1 amide bonds. The first-order valence-corrected chi connectivity index (χ1v) is 8.31. The van der Waals surface area contributed by atoms with E-state index in [1.54, 1.807) is 23.4 Å². The molecule has 1 fully saturated rings. The molecule has 0 spiro atoms. The maximum Gasteiger partial charge on any atom is 0.232 e. The van der Waals surface area contributed by atoms with Gasteiger partial charge in [0.1, 0.15) is 0 Å². The van der Waals surface area contributed by atoms with E-state index in [9.17, 15) is 4.79 Å². The molecule has 1 saturated heterocycles. The maximum absolute atomic E-state index is 12.5. The highest BCUT2D eigenvalue weighted by atomic mass is 35.5. The van der Waals surface area contributed by atoms with E-state index in [4.69, 9.17) is 16.1 Å². The van der Waals surface area contributed by atoms with Crippen molar-refractivity contribution in [2.75, 3.05) is 11.4 Å². The summed E-state index contributed by atoms with van der Waals surface area (Å²) >= 11 is 6.30. The van der Waals surface area contributed by atoms with Crippen molar-refractivity contribution in [3.63, 3.8) is 0 Å². The van der Waals surface area contributed by atoms with Crippen molar-refractivity contribution in [2.24, 2.45) is 0 Å². The van der Waals surface area contributed by atoms with Crippen LogP contribution in [0.2, 0.25) is 5.02 Å². The van der Waals surface area contributed by atoms with Gasteiger partial charge in [0.15, 0.2) is 0 Å². The number of pyridine rings is 1. The summed E-state index contributed by atoms with van der Waals surface area (Å²) in [6.45, 7) is 2.41. The number of anilines is 1. The topological polar surface area (TPSA) is 72.1 Å². The third-order valence-corrected chi connectivity index (χ3v) is 4.60. The second-order valence-electron chi connectivity index (χ2n) is 6.01. The third kappa shape index (κ3) is 2.89. The summed E-state index contributed by atoms with van der Waals surface area (Å²) in [5.74, 6) is 0.783. The zero-order valence-electron chi connectivity index (χ0n) is 13.5. The van der Waals surface area contributed by atoms with Crippen molar-refractivity contribution in [2.45, 2.75) is 19.3 Å². The average molecular weight is 355 g/mol. The molecule has 25 heavy (non-hydrogen) atoms. The number of halogens is 1. The molecule has 0 bridgehead atoms. The predicted molar refractivity (Wildman–Crippen MR) is 93.4 cm³/mol. The molecule has 0 saturated carbocycles. The van der Waals surface area contributed by atoms with Crippen LogP contribution in [0.25, 0.3) is 11.4 Å². The van der Waals surface area contributed by atoms with Crippen LogP contribution in [0.1, 0.15) is 23.8 Å². The zero-order valence-corrected chi connectivity index (χ0v) is 14.3. The van der Waals surface area contributed by atoms with Crippen molar-refractivity contribution in [1.29, 1.82) is 0 Å². The van der Waals surface area contributed by atoms with Gasteiger partial charge in [-0.25, -0.2) is 0 Å². The van der Waals surface area contributed by atoms with E-state index >= 15 is 0 Å². The maximum atomic E-state index is 12.5. The average Bonchev–Trinajstić information content (AvgIpc) is 3.23. The minimum atomic E-state index is -0.152. The van der Waals surface area contributed by atoms with Crippen LogP contribution >= 0.6 is 11.6 Å². The van der Waals surface area contributed by atoms with E-state index in [1.165, 1.54) is 0 Å². The minimum absolute atomic E-state index is 0.00216. The number of carbonyl (C=O) groups excluding carboxylic acids is 1. The van der Waals surface area contributed by atoms with Gasteiger partial charge in [0, 0.05) is 30.9 Å². The highest BCUT2D eigenvalue weighted by molar-refractivity contribution is 6.34. The molecule has 1 aliphatic rings. The number of aromatic nitrogens is 3. The Hall–Kier alpha value is -2.73. The Labute approximate surface area is 149 Å². The zero-order chi connectivity index (χ0) is 17.4. The highest BCUT2D eigenvalue weighted by Crippen LogP contribution is 2.37. The van der Waals surface area contributed by atoms with Gasteiger partial charge >= 0.3 is 0 Å². The van der Waals surface area contributed by atoms with Crippen LogP contribution in [-0.4, -0.2) is 27.6 Å². The summed E-state index contributed by atoms with van der Waals surface area (Å²) < 4.78 is 5.40. The van der Waals surface area contributed by atoms with E-state index in [0.717, 1.165) is 16.8 Å². The molecule has 1 aromatic carbocycles. The molecule has 0 aliphatic carbocycles. The van der Waals surface area contributed by atoms with Crippen molar-refractivity contribution >= 4 is 23.2 Å². The Morgan fingerprint density at radius 2 is 2.16 bits per heavy atom. The van der Waals surface area contributed by atoms with Crippen LogP contribution in [-0.2, 0) is 4.79 Å². The van der Waals surface area contributed by atoms with Gasteiger partial charge in [-0.05, 0) is 30.7 Å². The van der Waals surface area contributed by atoms with Crippen molar-refractivity contribution in [1.82, 2.24) is 15.1 Å². The first kappa shape index (κ1) is 15.8. The Morgan fingerprint density at radius 3 is 2.92 bits per heavy atom. The summed E-state index contributed by atoms with van der Waals surface area (Å²) in [4.78, 5) is 22.7. The summed E-state index contributed by atoms with van der Waals surface area (Å²) in [5.41, 5.74) is 2.49. The van der Waals surface area contributed by atoms with Crippen molar-refractivity contribution in [3.05, 3.63) is 59.2 Å². The fourth-order valence-electron chi connectivity index (χ4n) is 3.07. The van der Waals surface area contributed by atoms with Gasteiger partial charge in [-0.15, -0.1) is 0 Å². The summed E-state index contributed by atoms with van der Waals surface area (Å²) in [6.07, 6.45) is 3.68. The van der Waals surface area contributed by atoms with Gasteiger partial charge in [0.2, 0.25) is 17.6 Å². The van der Waals surface area contributed by atoms with E-state index in [1.807, 2.05) is 31.2 Å². The standard InChI is InChI=1S/C18H15ClN4O2/c1-11-4-2-6-14(19)16(11)23-10-13(8-15(23)24)18-21-17(22-25-18)12-5-3-7-20-9-12/h2-7,9,13H,8,10H2,1H3. The fraction of sp³-hybridized carbons (Fsp3) is 0.222. The SMILES string of the molecule is Cc1cccc(Cl)c1N1CC(c2nc(-c3cccnc3)no2)CC1=O. The van der Waals surface area contributed by atoms with E-state index < -0.39 is 0 Å². The first-order valence-electron chi connectivity index (χ1n) is 7.93. The Bertz CT molecular complexity index is 906. The summed E-state index contributed by atoms with van der Waals surface area (Å²) in [5, 5.41) is 4.57. The lowest BCUT2D eigenvalue weighted by atomic mass is 10.1. The molecule has 2 aromatic heterocycles. The van der Waals surface area contributed by atoms with E-state index in [2.05, 4.69) is 15.1 Å². The molecule has 4 rings (SSSR count). The Balaban J connectivity index is 1.60. The third-order valence-electron chi connectivity index (χ3n) is 4.29. The van der Waals surface area contributed by atoms with Gasteiger partial charge in [0.05, 0.1) is 16.6 Å². The highest BCUT2D eigenvalue weighted by Gasteiger charge is 2.36. The molecule has 1 unspecified atom stereocenters.